The van der Waals surface area contributed by atoms with Crippen LogP contribution in [0.25, 0.3) is 0 Å². The number of rotatable bonds is 3. The standard InChI is InChI=1S/C18H25N3O3/c1-13(22)21-10-4-9-18(24,12-21)17(23)19-11-15-8-7-14-5-2-3-6-16(14)20-15/h7-8,24H,2-6,9-12H2,1H3,(H,19,23)/t18-/m1/s1. The van der Waals surface area contributed by atoms with E-state index >= 15 is 0 Å². The van der Waals surface area contributed by atoms with Crippen molar-refractivity contribution in [2.45, 2.75) is 57.6 Å². The lowest BCUT2D eigenvalue weighted by Crippen LogP contribution is -2.57. The second-order valence-corrected chi connectivity index (χ2v) is 6.87. The number of likely N-dealkylation sites (tertiary alicyclic amines) is 1. The fraction of sp³-hybridized carbons (Fsp3) is 0.611. The molecule has 0 unspecified atom stereocenters. The maximum absolute atomic E-state index is 12.4. The highest BCUT2D eigenvalue weighted by molar-refractivity contribution is 5.86. The van der Waals surface area contributed by atoms with Gasteiger partial charge in [-0.1, -0.05) is 6.07 Å². The van der Waals surface area contributed by atoms with Crippen LogP contribution in [0.2, 0.25) is 0 Å². The minimum Gasteiger partial charge on any atom is -0.378 e. The maximum Gasteiger partial charge on any atom is 0.254 e. The Morgan fingerprint density at radius 2 is 2.08 bits per heavy atom. The van der Waals surface area contributed by atoms with Gasteiger partial charge in [0, 0.05) is 19.2 Å². The summed E-state index contributed by atoms with van der Waals surface area (Å²) < 4.78 is 0. The smallest absolute Gasteiger partial charge is 0.254 e. The lowest BCUT2D eigenvalue weighted by Gasteiger charge is -2.37. The van der Waals surface area contributed by atoms with Crippen molar-refractivity contribution in [1.29, 1.82) is 0 Å². The Balaban J connectivity index is 1.61. The molecule has 0 aromatic carbocycles. The molecule has 2 heterocycles. The van der Waals surface area contributed by atoms with Crippen molar-refractivity contribution in [3.05, 3.63) is 29.1 Å². The number of piperidine rings is 1. The van der Waals surface area contributed by atoms with Gasteiger partial charge in [-0.3, -0.25) is 14.6 Å². The lowest BCUT2D eigenvalue weighted by atomic mass is 9.91. The first-order valence-electron chi connectivity index (χ1n) is 8.72. The highest BCUT2D eigenvalue weighted by Gasteiger charge is 2.40. The summed E-state index contributed by atoms with van der Waals surface area (Å²) in [6.45, 7) is 2.41. The van der Waals surface area contributed by atoms with E-state index in [4.69, 9.17) is 0 Å². The molecule has 1 saturated heterocycles. The summed E-state index contributed by atoms with van der Waals surface area (Å²) in [7, 11) is 0. The highest BCUT2D eigenvalue weighted by atomic mass is 16.3. The Morgan fingerprint density at radius 1 is 1.29 bits per heavy atom. The number of aliphatic hydroxyl groups is 1. The van der Waals surface area contributed by atoms with Gasteiger partial charge >= 0.3 is 0 Å². The molecule has 0 spiro atoms. The summed E-state index contributed by atoms with van der Waals surface area (Å²) in [5.41, 5.74) is 1.75. The van der Waals surface area contributed by atoms with Crippen LogP contribution in [-0.4, -0.2) is 45.5 Å². The molecule has 2 N–H and O–H groups in total. The van der Waals surface area contributed by atoms with E-state index in [2.05, 4.69) is 16.4 Å². The third-order valence-corrected chi connectivity index (χ3v) is 5.00. The number of nitrogens with one attached hydrogen (secondary N) is 1. The molecular weight excluding hydrogens is 306 g/mol. The molecule has 24 heavy (non-hydrogen) atoms. The van der Waals surface area contributed by atoms with Crippen LogP contribution in [0, 0.1) is 0 Å². The lowest BCUT2D eigenvalue weighted by molar-refractivity contribution is -0.150. The van der Waals surface area contributed by atoms with Crippen molar-refractivity contribution in [2.75, 3.05) is 13.1 Å². The zero-order chi connectivity index (χ0) is 17.2. The van der Waals surface area contributed by atoms with Crippen molar-refractivity contribution in [3.63, 3.8) is 0 Å². The predicted molar refractivity (Wildman–Crippen MR) is 89.2 cm³/mol. The summed E-state index contributed by atoms with van der Waals surface area (Å²) in [5, 5.41) is 13.4. The van der Waals surface area contributed by atoms with Crippen molar-refractivity contribution in [2.24, 2.45) is 0 Å². The van der Waals surface area contributed by atoms with E-state index in [0.29, 0.717) is 25.9 Å². The molecule has 130 valence electrons. The molecule has 1 aromatic rings. The van der Waals surface area contributed by atoms with Crippen LogP contribution in [0.1, 0.15) is 49.6 Å². The van der Waals surface area contributed by atoms with Crippen molar-refractivity contribution in [1.82, 2.24) is 15.2 Å². The molecule has 1 aliphatic heterocycles. The topological polar surface area (TPSA) is 82.5 Å². The minimum absolute atomic E-state index is 0.0613. The van der Waals surface area contributed by atoms with Crippen molar-refractivity contribution >= 4 is 11.8 Å². The van der Waals surface area contributed by atoms with E-state index in [1.807, 2.05) is 6.07 Å². The Hall–Kier alpha value is -1.95. The second kappa shape index (κ2) is 6.89. The van der Waals surface area contributed by atoms with E-state index in [1.165, 1.54) is 23.8 Å². The third-order valence-electron chi connectivity index (χ3n) is 5.00. The molecule has 3 rings (SSSR count). The first-order valence-corrected chi connectivity index (χ1v) is 8.72. The summed E-state index contributed by atoms with van der Waals surface area (Å²) in [5.74, 6) is -0.537. The summed E-state index contributed by atoms with van der Waals surface area (Å²) in [6.07, 6.45) is 5.45. The monoisotopic (exact) mass is 331 g/mol. The predicted octanol–water partition coefficient (Wildman–Crippen LogP) is 0.950. The van der Waals surface area contributed by atoms with Gasteiger partial charge < -0.3 is 15.3 Å². The molecule has 2 aliphatic rings. The van der Waals surface area contributed by atoms with Gasteiger partial charge in [0.2, 0.25) is 5.91 Å². The van der Waals surface area contributed by atoms with Gasteiger partial charge in [-0.05, 0) is 50.2 Å². The quantitative estimate of drug-likeness (QED) is 0.864. The largest absolute Gasteiger partial charge is 0.378 e. The van der Waals surface area contributed by atoms with Crippen LogP contribution in [0.5, 0.6) is 0 Å². The highest BCUT2D eigenvalue weighted by Crippen LogP contribution is 2.22. The Bertz CT molecular complexity index is 646. The van der Waals surface area contributed by atoms with Crippen LogP contribution in [-0.2, 0) is 29.0 Å². The first kappa shape index (κ1) is 16.9. The number of aryl methyl sites for hydroxylation is 2. The van der Waals surface area contributed by atoms with Gasteiger partial charge in [0.05, 0.1) is 18.8 Å². The number of aromatic nitrogens is 1. The first-order chi connectivity index (χ1) is 11.5. The molecule has 6 heteroatoms. The van der Waals surface area contributed by atoms with Gasteiger partial charge in [-0.15, -0.1) is 0 Å². The van der Waals surface area contributed by atoms with Gasteiger partial charge in [0.1, 0.15) is 0 Å². The van der Waals surface area contributed by atoms with Gasteiger partial charge in [0.15, 0.2) is 5.60 Å². The van der Waals surface area contributed by atoms with E-state index in [-0.39, 0.29) is 12.5 Å². The van der Waals surface area contributed by atoms with Crippen LogP contribution in [0.3, 0.4) is 0 Å². The van der Waals surface area contributed by atoms with Gasteiger partial charge in [-0.25, -0.2) is 0 Å². The Kier molecular flexibility index (Phi) is 4.85. The number of nitrogens with zero attached hydrogens (tertiary/aromatic N) is 2. The second-order valence-electron chi connectivity index (χ2n) is 6.87. The number of amides is 2. The molecule has 0 radical (unpaired) electrons. The average Bonchev–Trinajstić information content (AvgIpc) is 2.59. The zero-order valence-electron chi connectivity index (χ0n) is 14.2. The molecule has 6 nitrogen and oxygen atoms in total. The molecule has 1 aliphatic carbocycles. The van der Waals surface area contributed by atoms with Crippen molar-refractivity contribution in [3.8, 4) is 0 Å². The molecular formula is C18H25N3O3. The number of β-amino-alcohol motifs (C(OH)–C–C–N with tert-alkyl or cyclic N) is 1. The molecule has 2 amide bonds. The molecule has 1 aromatic heterocycles. The van der Waals surface area contributed by atoms with Crippen LogP contribution in [0.4, 0.5) is 0 Å². The van der Waals surface area contributed by atoms with Gasteiger partial charge in [0.25, 0.3) is 5.91 Å². The fourth-order valence-electron chi connectivity index (χ4n) is 3.55. The summed E-state index contributed by atoms with van der Waals surface area (Å²) >= 11 is 0. The van der Waals surface area contributed by atoms with E-state index in [9.17, 15) is 14.7 Å². The third kappa shape index (κ3) is 3.59. The number of hydrogen-bond donors (Lipinski definition) is 2. The number of fused-ring (bicyclic) bond motifs is 1. The van der Waals surface area contributed by atoms with Crippen LogP contribution >= 0.6 is 0 Å². The minimum atomic E-state index is -1.50. The Labute approximate surface area is 142 Å². The van der Waals surface area contributed by atoms with Crippen molar-refractivity contribution < 1.29 is 14.7 Å². The summed E-state index contributed by atoms with van der Waals surface area (Å²) in [6, 6.07) is 4.03. The maximum atomic E-state index is 12.4. The van der Waals surface area contributed by atoms with Crippen LogP contribution < -0.4 is 5.32 Å². The van der Waals surface area contributed by atoms with Gasteiger partial charge in [-0.2, -0.15) is 0 Å². The van der Waals surface area contributed by atoms with Crippen LogP contribution in [0.15, 0.2) is 12.1 Å². The Morgan fingerprint density at radius 3 is 2.88 bits per heavy atom. The molecule has 0 bridgehead atoms. The number of hydrogen-bond acceptors (Lipinski definition) is 4. The average molecular weight is 331 g/mol. The van der Waals surface area contributed by atoms with E-state index < -0.39 is 11.5 Å². The summed E-state index contributed by atoms with van der Waals surface area (Å²) in [4.78, 5) is 30.1. The molecule has 1 fully saturated rings. The molecule has 1 atom stereocenters. The van der Waals surface area contributed by atoms with E-state index in [1.54, 1.807) is 0 Å². The zero-order valence-corrected chi connectivity index (χ0v) is 14.2. The molecule has 0 saturated carbocycles. The number of carbonyl (C=O) groups is 2. The number of pyridine rings is 1. The normalized spacial score (nSPS) is 23.5. The number of carbonyl (C=O) groups excluding carboxylic acids is 2. The SMILES string of the molecule is CC(=O)N1CCC[C@](O)(C(=O)NCc2ccc3c(n2)CCCC3)C1. The fourth-order valence-corrected chi connectivity index (χ4v) is 3.55. The van der Waals surface area contributed by atoms with E-state index in [0.717, 1.165) is 30.7 Å².